The highest BCUT2D eigenvalue weighted by molar-refractivity contribution is 5.76. The topological polar surface area (TPSA) is 58.6 Å². The van der Waals surface area contributed by atoms with Crippen molar-refractivity contribution in [2.24, 2.45) is 5.92 Å². The normalized spacial score (nSPS) is 25.9. The summed E-state index contributed by atoms with van der Waals surface area (Å²) in [4.78, 5) is 11.4. The summed E-state index contributed by atoms with van der Waals surface area (Å²) < 4.78 is 5.11. The van der Waals surface area contributed by atoms with Gasteiger partial charge in [0.05, 0.1) is 12.7 Å². The summed E-state index contributed by atoms with van der Waals surface area (Å²) in [7, 11) is 0. The number of hydrogen-bond donors (Lipinski definition) is 2. The predicted molar refractivity (Wildman–Crippen MR) is 57.4 cm³/mol. The zero-order chi connectivity index (χ0) is 11.3. The van der Waals surface area contributed by atoms with Crippen molar-refractivity contribution in [3.8, 4) is 0 Å². The molecule has 15 heavy (non-hydrogen) atoms. The number of carbonyl (C=O) groups excluding carboxylic acids is 1. The molecule has 0 aliphatic carbocycles. The predicted octanol–water partition coefficient (Wildman–Crippen LogP) is 0.689. The molecule has 0 aromatic heterocycles. The molecule has 4 nitrogen and oxygen atoms in total. The Labute approximate surface area is 91.0 Å². The standard InChI is InChI=1S/C11H21NO3/c1-8(2)4-3-5-15-11(14)10-6-9(13)7-12-10/h8-10,12-13H,3-7H2,1-2H3/t9-,10-/m1/s1. The van der Waals surface area contributed by atoms with E-state index in [0.29, 0.717) is 25.5 Å². The first-order valence-corrected chi connectivity index (χ1v) is 5.67. The third kappa shape index (κ3) is 4.62. The molecule has 2 atom stereocenters. The molecular weight excluding hydrogens is 194 g/mol. The van der Waals surface area contributed by atoms with Crippen molar-refractivity contribution in [3.05, 3.63) is 0 Å². The molecule has 0 radical (unpaired) electrons. The minimum Gasteiger partial charge on any atom is -0.465 e. The largest absolute Gasteiger partial charge is 0.465 e. The van der Waals surface area contributed by atoms with Gasteiger partial charge in [0.1, 0.15) is 6.04 Å². The molecule has 1 aliphatic heterocycles. The Morgan fingerprint density at radius 1 is 1.60 bits per heavy atom. The van der Waals surface area contributed by atoms with Gasteiger partial charge in [-0.05, 0) is 18.8 Å². The first kappa shape index (κ1) is 12.5. The van der Waals surface area contributed by atoms with Crippen LogP contribution in [0.25, 0.3) is 0 Å². The fraction of sp³-hybridized carbons (Fsp3) is 0.909. The Bertz CT molecular complexity index is 206. The lowest BCUT2D eigenvalue weighted by Gasteiger charge is -2.10. The Balaban J connectivity index is 2.08. The van der Waals surface area contributed by atoms with Crippen molar-refractivity contribution in [1.29, 1.82) is 0 Å². The van der Waals surface area contributed by atoms with E-state index in [0.717, 1.165) is 12.8 Å². The van der Waals surface area contributed by atoms with Crippen LogP contribution in [0.4, 0.5) is 0 Å². The monoisotopic (exact) mass is 215 g/mol. The Kier molecular flexibility index (Phi) is 5.05. The summed E-state index contributed by atoms with van der Waals surface area (Å²) in [6, 6.07) is -0.306. The summed E-state index contributed by atoms with van der Waals surface area (Å²) in [5.41, 5.74) is 0. The van der Waals surface area contributed by atoms with Gasteiger partial charge < -0.3 is 15.2 Å². The van der Waals surface area contributed by atoms with Crippen LogP contribution in [-0.2, 0) is 9.53 Å². The summed E-state index contributed by atoms with van der Waals surface area (Å²) in [6.45, 7) is 5.28. The second-order valence-electron chi connectivity index (χ2n) is 4.55. The summed E-state index contributed by atoms with van der Waals surface area (Å²) in [5, 5.41) is 12.2. The highest BCUT2D eigenvalue weighted by Gasteiger charge is 2.28. The van der Waals surface area contributed by atoms with Gasteiger partial charge in [0.2, 0.25) is 0 Å². The van der Waals surface area contributed by atoms with Crippen LogP contribution in [0.15, 0.2) is 0 Å². The number of nitrogens with one attached hydrogen (secondary N) is 1. The summed E-state index contributed by atoms with van der Waals surface area (Å²) in [6.07, 6.45) is 2.06. The molecule has 0 aromatic rings. The maximum atomic E-state index is 11.4. The van der Waals surface area contributed by atoms with Gasteiger partial charge in [0.15, 0.2) is 0 Å². The molecule has 1 heterocycles. The first-order valence-electron chi connectivity index (χ1n) is 5.67. The molecule has 0 spiro atoms. The first-order chi connectivity index (χ1) is 7.09. The van der Waals surface area contributed by atoms with Crippen LogP contribution in [0.2, 0.25) is 0 Å². The highest BCUT2D eigenvalue weighted by Crippen LogP contribution is 2.09. The molecule has 0 saturated carbocycles. The maximum Gasteiger partial charge on any atom is 0.323 e. The Morgan fingerprint density at radius 3 is 2.87 bits per heavy atom. The van der Waals surface area contributed by atoms with Crippen molar-refractivity contribution >= 4 is 5.97 Å². The van der Waals surface area contributed by atoms with Gasteiger partial charge in [0, 0.05) is 13.0 Å². The number of rotatable bonds is 5. The van der Waals surface area contributed by atoms with Gasteiger partial charge in [-0.3, -0.25) is 4.79 Å². The number of hydrogen-bond acceptors (Lipinski definition) is 4. The second kappa shape index (κ2) is 6.08. The number of ether oxygens (including phenoxy) is 1. The van der Waals surface area contributed by atoms with Crippen LogP contribution in [0.5, 0.6) is 0 Å². The van der Waals surface area contributed by atoms with Crippen molar-refractivity contribution < 1.29 is 14.6 Å². The number of aliphatic hydroxyl groups is 1. The van der Waals surface area contributed by atoms with Gasteiger partial charge in [-0.15, -0.1) is 0 Å². The van der Waals surface area contributed by atoms with Crippen molar-refractivity contribution in [2.45, 2.75) is 45.3 Å². The molecule has 1 rings (SSSR count). The number of esters is 1. The Hall–Kier alpha value is -0.610. The lowest BCUT2D eigenvalue weighted by atomic mass is 10.1. The smallest absolute Gasteiger partial charge is 0.323 e. The van der Waals surface area contributed by atoms with Crippen LogP contribution in [0.3, 0.4) is 0 Å². The fourth-order valence-electron chi connectivity index (χ4n) is 1.66. The van der Waals surface area contributed by atoms with E-state index in [1.165, 1.54) is 0 Å². The van der Waals surface area contributed by atoms with E-state index in [1.54, 1.807) is 0 Å². The molecule has 0 amide bonds. The average molecular weight is 215 g/mol. The molecule has 1 aliphatic rings. The molecular formula is C11H21NO3. The summed E-state index contributed by atoms with van der Waals surface area (Å²) in [5.74, 6) is 0.422. The minimum atomic E-state index is -0.404. The fourth-order valence-corrected chi connectivity index (χ4v) is 1.66. The summed E-state index contributed by atoms with van der Waals surface area (Å²) >= 11 is 0. The minimum absolute atomic E-state index is 0.227. The van der Waals surface area contributed by atoms with Gasteiger partial charge in [0.25, 0.3) is 0 Å². The van der Waals surface area contributed by atoms with Gasteiger partial charge in [-0.2, -0.15) is 0 Å². The highest BCUT2D eigenvalue weighted by atomic mass is 16.5. The van der Waals surface area contributed by atoms with E-state index in [2.05, 4.69) is 19.2 Å². The van der Waals surface area contributed by atoms with E-state index >= 15 is 0 Å². The van der Waals surface area contributed by atoms with Crippen LogP contribution < -0.4 is 5.32 Å². The van der Waals surface area contributed by atoms with E-state index in [4.69, 9.17) is 4.74 Å². The number of carbonyl (C=O) groups is 1. The molecule has 2 N–H and O–H groups in total. The molecule has 1 saturated heterocycles. The molecule has 0 unspecified atom stereocenters. The van der Waals surface area contributed by atoms with Crippen LogP contribution in [0.1, 0.15) is 33.1 Å². The maximum absolute atomic E-state index is 11.4. The molecule has 0 aromatic carbocycles. The average Bonchev–Trinajstić information content (AvgIpc) is 2.59. The third-order valence-electron chi connectivity index (χ3n) is 2.56. The molecule has 4 heteroatoms. The van der Waals surface area contributed by atoms with Crippen molar-refractivity contribution in [1.82, 2.24) is 5.32 Å². The van der Waals surface area contributed by atoms with Crippen LogP contribution in [-0.4, -0.2) is 36.4 Å². The van der Waals surface area contributed by atoms with Crippen molar-refractivity contribution in [2.75, 3.05) is 13.2 Å². The zero-order valence-electron chi connectivity index (χ0n) is 9.53. The second-order valence-corrected chi connectivity index (χ2v) is 4.55. The number of β-amino-alcohol motifs (C(OH)–C–C–N with tert-alkyl or cyclic N) is 1. The molecule has 0 bridgehead atoms. The third-order valence-corrected chi connectivity index (χ3v) is 2.56. The molecule has 1 fully saturated rings. The van der Waals surface area contributed by atoms with Crippen LogP contribution in [0, 0.1) is 5.92 Å². The van der Waals surface area contributed by atoms with Gasteiger partial charge in [-0.1, -0.05) is 13.8 Å². The number of aliphatic hydroxyl groups excluding tert-OH is 1. The van der Waals surface area contributed by atoms with E-state index in [1.807, 2.05) is 0 Å². The lowest BCUT2D eigenvalue weighted by Crippen LogP contribution is -2.32. The quantitative estimate of drug-likeness (QED) is 0.523. The van der Waals surface area contributed by atoms with E-state index in [9.17, 15) is 9.90 Å². The molecule has 88 valence electrons. The lowest BCUT2D eigenvalue weighted by molar-refractivity contribution is -0.146. The van der Waals surface area contributed by atoms with Gasteiger partial charge >= 0.3 is 5.97 Å². The Morgan fingerprint density at radius 2 is 2.33 bits per heavy atom. The van der Waals surface area contributed by atoms with E-state index in [-0.39, 0.29) is 12.0 Å². The SMILES string of the molecule is CC(C)CCCOC(=O)[C@H]1C[C@@H](O)CN1. The van der Waals surface area contributed by atoms with Crippen LogP contribution >= 0.6 is 0 Å². The van der Waals surface area contributed by atoms with E-state index < -0.39 is 6.10 Å². The van der Waals surface area contributed by atoms with Gasteiger partial charge in [-0.25, -0.2) is 0 Å². The van der Waals surface area contributed by atoms with Crippen molar-refractivity contribution in [3.63, 3.8) is 0 Å². The zero-order valence-corrected chi connectivity index (χ0v) is 9.53.